The zero-order valence-corrected chi connectivity index (χ0v) is 19.1. The van der Waals surface area contributed by atoms with Crippen LogP contribution in [0.5, 0.6) is 0 Å². The predicted molar refractivity (Wildman–Crippen MR) is 120 cm³/mol. The third kappa shape index (κ3) is 6.01. The minimum Gasteiger partial charge on any atom is -0.384 e. The molecular formula is C22H32N4O3S. The third-order valence-electron chi connectivity index (χ3n) is 5.34. The number of hydrogen-bond acceptors (Lipinski definition) is 6. The van der Waals surface area contributed by atoms with Gasteiger partial charge in [0.25, 0.3) is 15.9 Å². The number of amides is 1. The van der Waals surface area contributed by atoms with E-state index in [1.807, 2.05) is 27.7 Å². The summed E-state index contributed by atoms with van der Waals surface area (Å²) in [5.74, 6) is -0.624. The average Bonchev–Trinajstić information content (AvgIpc) is 2.67. The summed E-state index contributed by atoms with van der Waals surface area (Å²) in [6, 6.07) is 4.23. The van der Waals surface area contributed by atoms with Crippen LogP contribution in [0.15, 0.2) is 52.1 Å². The summed E-state index contributed by atoms with van der Waals surface area (Å²) in [4.78, 5) is 21.6. The molecular weight excluding hydrogens is 400 g/mol. The van der Waals surface area contributed by atoms with E-state index in [0.29, 0.717) is 5.70 Å². The van der Waals surface area contributed by atoms with E-state index in [4.69, 9.17) is 10.7 Å². The van der Waals surface area contributed by atoms with Gasteiger partial charge in [-0.1, -0.05) is 58.8 Å². The fourth-order valence-electron chi connectivity index (χ4n) is 3.22. The Hall–Kier alpha value is -2.48. The first kappa shape index (κ1) is 23.8. The molecule has 164 valence electrons. The number of allylic oxidation sites excluding steroid dienone is 1. The lowest BCUT2D eigenvalue weighted by Gasteiger charge is -2.26. The van der Waals surface area contributed by atoms with E-state index in [9.17, 15) is 13.2 Å². The van der Waals surface area contributed by atoms with Crippen LogP contribution in [0.25, 0.3) is 0 Å². The van der Waals surface area contributed by atoms with Crippen LogP contribution in [0.2, 0.25) is 0 Å². The first-order chi connectivity index (χ1) is 14.0. The Kier molecular flexibility index (Phi) is 7.58. The molecule has 0 saturated heterocycles. The second-order valence-corrected chi connectivity index (χ2v) is 10.2. The van der Waals surface area contributed by atoms with Crippen LogP contribution in [0.1, 0.15) is 59.8 Å². The molecule has 0 radical (unpaired) electrons. The van der Waals surface area contributed by atoms with Gasteiger partial charge in [-0.2, -0.15) is 8.42 Å². The highest BCUT2D eigenvalue weighted by Gasteiger charge is 2.27. The van der Waals surface area contributed by atoms with Crippen LogP contribution >= 0.6 is 0 Å². The zero-order chi connectivity index (χ0) is 22.5. The molecule has 1 aliphatic rings. The van der Waals surface area contributed by atoms with Gasteiger partial charge in [0, 0.05) is 11.6 Å². The zero-order valence-electron chi connectivity index (χ0n) is 18.2. The minimum atomic E-state index is -4.18. The first-order valence-corrected chi connectivity index (χ1v) is 11.7. The lowest BCUT2D eigenvalue weighted by atomic mass is 9.84. The maximum absolute atomic E-state index is 13.0. The summed E-state index contributed by atoms with van der Waals surface area (Å²) in [6.07, 6.45) is 6.46. The molecule has 0 aliphatic heterocycles. The second kappa shape index (κ2) is 9.55. The van der Waals surface area contributed by atoms with Crippen molar-refractivity contribution >= 4 is 27.5 Å². The third-order valence-corrected chi connectivity index (χ3v) is 6.57. The molecule has 0 aromatic carbocycles. The van der Waals surface area contributed by atoms with Crippen molar-refractivity contribution in [2.24, 2.45) is 16.3 Å². The SMILES string of the molecule is C=C/C(C(=O)NS(=O)(=O)c1cccc(N)n1)=C(\N=C(/C)C(C)(C)C)C1CCCCC1. The van der Waals surface area contributed by atoms with Gasteiger partial charge in [0.05, 0.1) is 11.3 Å². The Balaban J connectivity index is 2.49. The Morgan fingerprint density at radius 2 is 1.90 bits per heavy atom. The standard InChI is InChI=1S/C22H32N4O3S/c1-6-17(21(27)26-30(28,29)19-14-10-13-18(23)25-19)20(16-11-8-7-9-12-16)24-15(2)22(3,4)5/h6,10,13-14,16H,1,7-9,11-12H2,2-5H3,(H2,23,25)(H,26,27)/b20-17+,24-15+. The molecule has 1 saturated carbocycles. The van der Waals surface area contributed by atoms with Crippen molar-refractivity contribution in [2.75, 3.05) is 5.73 Å². The van der Waals surface area contributed by atoms with Crippen LogP contribution in [-0.4, -0.2) is 25.0 Å². The molecule has 1 aromatic rings. The second-order valence-electron chi connectivity index (χ2n) is 8.62. The van der Waals surface area contributed by atoms with E-state index in [2.05, 4.69) is 16.3 Å². The normalized spacial score (nSPS) is 17.3. The number of sulfonamides is 1. The van der Waals surface area contributed by atoms with Crippen molar-refractivity contribution in [2.45, 2.75) is 64.8 Å². The molecule has 1 heterocycles. The Morgan fingerprint density at radius 1 is 1.27 bits per heavy atom. The maximum Gasteiger partial charge on any atom is 0.281 e. The van der Waals surface area contributed by atoms with Gasteiger partial charge in [0.2, 0.25) is 0 Å². The van der Waals surface area contributed by atoms with E-state index in [-0.39, 0.29) is 27.7 Å². The number of nitrogens with two attached hydrogens (primary N) is 1. The lowest BCUT2D eigenvalue weighted by molar-refractivity contribution is -0.115. The van der Waals surface area contributed by atoms with Gasteiger partial charge in [-0.25, -0.2) is 9.71 Å². The number of aliphatic imine (C=N–C) groups is 1. The van der Waals surface area contributed by atoms with E-state index in [1.165, 1.54) is 24.3 Å². The summed E-state index contributed by atoms with van der Waals surface area (Å²) in [5, 5.41) is -0.312. The van der Waals surface area contributed by atoms with Gasteiger partial charge >= 0.3 is 0 Å². The van der Waals surface area contributed by atoms with Gasteiger partial charge < -0.3 is 5.73 Å². The van der Waals surface area contributed by atoms with Crippen molar-refractivity contribution in [3.05, 3.63) is 42.1 Å². The van der Waals surface area contributed by atoms with E-state index >= 15 is 0 Å². The Morgan fingerprint density at radius 3 is 2.43 bits per heavy atom. The highest BCUT2D eigenvalue weighted by Crippen LogP contribution is 2.34. The molecule has 30 heavy (non-hydrogen) atoms. The first-order valence-electron chi connectivity index (χ1n) is 10.2. The summed E-state index contributed by atoms with van der Waals surface area (Å²) in [5.41, 5.74) is 7.05. The number of rotatable bonds is 6. The number of nitrogens with zero attached hydrogens (tertiary/aromatic N) is 2. The number of nitrogen functional groups attached to an aromatic ring is 1. The molecule has 1 fully saturated rings. The molecule has 0 spiro atoms. The van der Waals surface area contributed by atoms with Crippen LogP contribution in [0, 0.1) is 11.3 Å². The monoisotopic (exact) mass is 432 g/mol. The molecule has 3 N–H and O–H groups in total. The molecule has 1 amide bonds. The maximum atomic E-state index is 13.0. The average molecular weight is 433 g/mol. The highest BCUT2D eigenvalue weighted by molar-refractivity contribution is 7.90. The van der Waals surface area contributed by atoms with Gasteiger partial charge in [0.1, 0.15) is 5.82 Å². The van der Waals surface area contributed by atoms with Crippen LogP contribution in [-0.2, 0) is 14.8 Å². The fourth-order valence-corrected chi connectivity index (χ4v) is 4.16. The van der Waals surface area contributed by atoms with E-state index in [1.54, 1.807) is 0 Å². The minimum absolute atomic E-state index is 0.0538. The van der Waals surface area contributed by atoms with Crippen LogP contribution in [0.3, 0.4) is 0 Å². The van der Waals surface area contributed by atoms with Gasteiger partial charge in [-0.3, -0.25) is 9.79 Å². The van der Waals surface area contributed by atoms with Gasteiger partial charge in [-0.15, -0.1) is 0 Å². The Labute approximate surface area is 179 Å². The van der Waals surface area contributed by atoms with Crippen LogP contribution in [0.4, 0.5) is 5.82 Å². The number of pyridine rings is 1. The molecule has 7 nitrogen and oxygen atoms in total. The van der Waals surface area contributed by atoms with Crippen molar-refractivity contribution in [1.29, 1.82) is 0 Å². The number of carbonyl (C=O) groups excluding carboxylic acids is 1. The fraction of sp³-hybridized carbons (Fsp3) is 0.500. The number of anilines is 1. The molecule has 0 bridgehead atoms. The van der Waals surface area contributed by atoms with Crippen molar-refractivity contribution in [3.8, 4) is 0 Å². The summed E-state index contributed by atoms with van der Waals surface area (Å²) < 4.78 is 27.4. The number of nitrogens with one attached hydrogen (secondary N) is 1. The smallest absolute Gasteiger partial charge is 0.281 e. The Bertz CT molecular complexity index is 966. The van der Waals surface area contributed by atoms with Crippen molar-refractivity contribution < 1.29 is 13.2 Å². The molecule has 0 atom stereocenters. The molecule has 2 rings (SSSR count). The lowest BCUT2D eigenvalue weighted by Crippen LogP contribution is -2.33. The quantitative estimate of drug-likeness (QED) is 0.401. The number of carbonyl (C=O) groups is 1. The van der Waals surface area contributed by atoms with E-state index in [0.717, 1.165) is 37.8 Å². The molecule has 8 heteroatoms. The molecule has 0 unspecified atom stereocenters. The largest absolute Gasteiger partial charge is 0.384 e. The topological polar surface area (TPSA) is 115 Å². The summed E-state index contributed by atoms with van der Waals surface area (Å²) in [7, 11) is -4.18. The predicted octanol–water partition coefficient (Wildman–Crippen LogP) is 4.00. The van der Waals surface area contributed by atoms with E-state index < -0.39 is 15.9 Å². The van der Waals surface area contributed by atoms with Gasteiger partial charge in [0.15, 0.2) is 5.03 Å². The van der Waals surface area contributed by atoms with Gasteiger partial charge in [-0.05, 0) is 37.3 Å². The number of hydrogen-bond donors (Lipinski definition) is 2. The summed E-state index contributed by atoms with van der Waals surface area (Å²) >= 11 is 0. The molecule has 1 aliphatic carbocycles. The number of aromatic nitrogens is 1. The van der Waals surface area contributed by atoms with Crippen LogP contribution < -0.4 is 10.5 Å². The highest BCUT2D eigenvalue weighted by atomic mass is 32.2. The summed E-state index contributed by atoms with van der Waals surface area (Å²) in [6.45, 7) is 11.8. The molecule has 1 aromatic heterocycles. The van der Waals surface area contributed by atoms with Crippen molar-refractivity contribution in [1.82, 2.24) is 9.71 Å². The van der Waals surface area contributed by atoms with Crippen molar-refractivity contribution in [3.63, 3.8) is 0 Å².